The van der Waals surface area contributed by atoms with Crippen LogP contribution < -0.4 is 0 Å². The second-order valence-corrected chi connectivity index (χ2v) is 3.91. The zero-order chi connectivity index (χ0) is 13.7. The Morgan fingerprint density at radius 3 is 2.17 bits per heavy atom. The predicted molar refractivity (Wildman–Crippen MR) is 57.7 cm³/mol. The molecule has 0 aliphatic rings. The van der Waals surface area contributed by atoms with Gasteiger partial charge in [0.25, 0.3) is 12.9 Å². The summed E-state index contributed by atoms with van der Waals surface area (Å²) in [5.41, 5.74) is 1.17. The zero-order valence-electron chi connectivity index (χ0n) is 10.3. The van der Waals surface area contributed by atoms with E-state index in [4.69, 9.17) is 0 Å². The Hall–Kier alpha value is -1.18. The molecule has 0 fully saturated rings. The van der Waals surface area contributed by atoms with Crippen LogP contribution in [0.15, 0.2) is 0 Å². The number of hydrogen-bond acceptors (Lipinski definition) is 3. The van der Waals surface area contributed by atoms with Crippen LogP contribution in [-0.4, -0.2) is 45.8 Å². The van der Waals surface area contributed by atoms with E-state index in [1.807, 2.05) is 6.92 Å². The fourth-order valence-corrected chi connectivity index (χ4v) is 1.68. The number of alkyl halides is 4. The maximum Gasteiger partial charge on any atom is 0.251 e. The minimum Gasteiger partial charge on any atom is -0.286 e. The summed E-state index contributed by atoms with van der Waals surface area (Å²) < 4.78 is 50.8. The smallest absolute Gasteiger partial charge is 0.251 e. The molecule has 1 aromatic rings. The standard InChI is InChI=1S/C10H16F4N4/c1-3-18-8(7(2)15-16-18)4-17(5-9(11)12)6-10(13)14/h9-10H,3-6H2,1-2H3. The average Bonchev–Trinajstić information content (AvgIpc) is 2.58. The van der Waals surface area contributed by atoms with Gasteiger partial charge in [0.1, 0.15) is 0 Å². The van der Waals surface area contributed by atoms with Crippen LogP contribution in [0.25, 0.3) is 0 Å². The zero-order valence-corrected chi connectivity index (χ0v) is 10.3. The Morgan fingerprint density at radius 1 is 1.17 bits per heavy atom. The Labute approximate surface area is 103 Å². The van der Waals surface area contributed by atoms with Crippen molar-refractivity contribution in [2.75, 3.05) is 13.1 Å². The van der Waals surface area contributed by atoms with E-state index in [0.29, 0.717) is 17.9 Å². The van der Waals surface area contributed by atoms with Crippen molar-refractivity contribution >= 4 is 0 Å². The van der Waals surface area contributed by atoms with Gasteiger partial charge in [-0.05, 0) is 13.8 Å². The summed E-state index contributed by atoms with van der Waals surface area (Å²) in [4.78, 5) is 1.02. The lowest BCUT2D eigenvalue weighted by atomic mass is 10.3. The molecule has 8 heteroatoms. The van der Waals surface area contributed by atoms with Gasteiger partial charge >= 0.3 is 0 Å². The molecule has 0 amide bonds. The van der Waals surface area contributed by atoms with Gasteiger partial charge in [0.2, 0.25) is 0 Å². The van der Waals surface area contributed by atoms with Gasteiger partial charge in [-0.25, -0.2) is 22.2 Å². The molecule has 18 heavy (non-hydrogen) atoms. The highest BCUT2D eigenvalue weighted by atomic mass is 19.3. The number of rotatable bonds is 7. The number of halogens is 4. The van der Waals surface area contributed by atoms with Crippen molar-refractivity contribution < 1.29 is 17.6 Å². The first-order valence-corrected chi connectivity index (χ1v) is 5.61. The lowest BCUT2D eigenvalue weighted by Gasteiger charge is -2.21. The molecular weight excluding hydrogens is 252 g/mol. The van der Waals surface area contributed by atoms with Gasteiger partial charge < -0.3 is 0 Å². The van der Waals surface area contributed by atoms with Crippen LogP contribution in [-0.2, 0) is 13.1 Å². The average molecular weight is 268 g/mol. The molecule has 0 radical (unpaired) electrons. The van der Waals surface area contributed by atoms with E-state index < -0.39 is 25.9 Å². The molecule has 0 aromatic carbocycles. The van der Waals surface area contributed by atoms with Crippen molar-refractivity contribution in [2.24, 2.45) is 0 Å². The van der Waals surface area contributed by atoms with Crippen LogP contribution in [0.1, 0.15) is 18.3 Å². The van der Waals surface area contributed by atoms with Crippen LogP contribution in [0.4, 0.5) is 17.6 Å². The third kappa shape index (κ3) is 4.25. The molecule has 0 saturated heterocycles. The van der Waals surface area contributed by atoms with Crippen molar-refractivity contribution in [3.05, 3.63) is 11.4 Å². The first kappa shape index (κ1) is 14.9. The van der Waals surface area contributed by atoms with Gasteiger partial charge in [-0.1, -0.05) is 5.21 Å². The summed E-state index contributed by atoms with van der Waals surface area (Å²) in [6, 6.07) is 0. The second kappa shape index (κ2) is 6.67. The van der Waals surface area contributed by atoms with Crippen LogP contribution in [0, 0.1) is 6.92 Å². The van der Waals surface area contributed by atoms with E-state index in [0.717, 1.165) is 4.90 Å². The minimum absolute atomic E-state index is 0.00134. The van der Waals surface area contributed by atoms with Crippen LogP contribution in [0.3, 0.4) is 0 Å². The summed E-state index contributed by atoms with van der Waals surface area (Å²) in [5, 5.41) is 7.62. The molecule has 1 heterocycles. The van der Waals surface area contributed by atoms with Gasteiger partial charge in [-0.2, -0.15) is 0 Å². The van der Waals surface area contributed by atoms with Gasteiger partial charge in [-0.3, -0.25) is 4.90 Å². The summed E-state index contributed by atoms with van der Waals surface area (Å²) in [7, 11) is 0. The predicted octanol–water partition coefficient (Wildman–Crippen LogP) is 1.94. The number of aromatic nitrogens is 3. The molecule has 1 rings (SSSR count). The molecule has 1 aromatic heterocycles. The van der Waals surface area contributed by atoms with Gasteiger partial charge in [0.05, 0.1) is 24.5 Å². The lowest BCUT2D eigenvalue weighted by Crippen LogP contribution is -2.33. The number of nitrogens with zero attached hydrogens (tertiary/aromatic N) is 4. The molecule has 0 atom stereocenters. The topological polar surface area (TPSA) is 34.0 Å². The van der Waals surface area contributed by atoms with E-state index in [2.05, 4.69) is 10.3 Å². The second-order valence-electron chi connectivity index (χ2n) is 3.91. The summed E-state index contributed by atoms with van der Waals surface area (Å²) >= 11 is 0. The monoisotopic (exact) mass is 268 g/mol. The third-order valence-corrected chi connectivity index (χ3v) is 2.50. The largest absolute Gasteiger partial charge is 0.286 e. The van der Waals surface area contributed by atoms with Crippen molar-refractivity contribution in [3.63, 3.8) is 0 Å². The van der Waals surface area contributed by atoms with Crippen molar-refractivity contribution in [1.82, 2.24) is 19.9 Å². The molecule has 0 aliphatic carbocycles. The first-order valence-electron chi connectivity index (χ1n) is 5.61. The Balaban J connectivity index is 2.77. The lowest BCUT2D eigenvalue weighted by molar-refractivity contribution is 0.0379. The van der Waals surface area contributed by atoms with E-state index >= 15 is 0 Å². The Morgan fingerprint density at radius 2 is 1.72 bits per heavy atom. The fourth-order valence-electron chi connectivity index (χ4n) is 1.68. The molecule has 0 unspecified atom stereocenters. The Kier molecular flexibility index (Phi) is 5.52. The van der Waals surface area contributed by atoms with Gasteiger partial charge in [-0.15, -0.1) is 5.10 Å². The highest BCUT2D eigenvalue weighted by Crippen LogP contribution is 2.11. The van der Waals surface area contributed by atoms with Crippen molar-refractivity contribution in [3.8, 4) is 0 Å². The maximum absolute atomic E-state index is 12.3. The van der Waals surface area contributed by atoms with E-state index in [1.54, 1.807) is 6.92 Å². The SMILES string of the molecule is CCn1nnc(C)c1CN(CC(F)F)CC(F)F. The summed E-state index contributed by atoms with van der Waals surface area (Å²) in [6.07, 6.45) is -5.29. The van der Waals surface area contributed by atoms with Crippen molar-refractivity contribution in [2.45, 2.75) is 39.8 Å². The first-order chi connectivity index (χ1) is 8.43. The van der Waals surface area contributed by atoms with E-state index in [-0.39, 0.29) is 6.54 Å². The normalized spacial score (nSPS) is 12.1. The number of aryl methyl sites for hydroxylation is 2. The Bertz CT molecular complexity index is 357. The van der Waals surface area contributed by atoms with Gasteiger partial charge in [0.15, 0.2) is 0 Å². The number of hydrogen-bond donors (Lipinski definition) is 0. The molecule has 0 saturated carbocycles. The van der Waals surface area contributed by atoms with E-state index in [9.17, 15) is 17.6 Å². The molecule has 0 N–H and O–H groups in total. The van der Waals surface area contributed by atoms with Crippen LogP contribution in [0.2, 0.25) is 0 Å². The molecule has 4 nitrogen and oxygen atoms in total. The molecule has 0 spiro atoms. The molecular formula is C10H16F4N4. The third-order valence-electron chi connectivity index (χ3n) is 2.50. The van der Waals surface area contributed by atoms with Gasteiger partial charge in [0, 0.05) is 13.1 Å². The maximum atomic E-state index is 12.3. The summed E-state index contributed by atoms with van der Waals surface area (Å²) in [6.45, 7) is 2.66. The minimum atomic E-state index is -2.64. The fraction of sp³-hybridized carbons (Fsp3) is 0.800. The quantitative estimate of drug-likeness (QED) is 0.709. The van der Waals surface area contributed by atoms with Crippen molar-refractivity contribution in [1.29, 1.82) is 0 Å². The molecule has 0 aliphatic heterocycles. The highest BCUT2D eigenvalue weighted by molar-refractivity contribution is 5.07. The van der Waals surface area contributed by atoms with Crippen LogP contribution in [0.5, 0.6) is 0 Å². The van der Waals surface area contributed by atoms with Crippen LogP contribution >= 0.6 is 0 Å². The van der Waals surface area contributed by atoms with E-state index in [1.165, 1.54) is 4.68 Å². The molecule has 0 bridgehead atoms. The molecule has 104 valence electrons. The summed E-state index contributed by atoms with van der Waals surface area (Å²) in [5.74, 6) is 0. The highest BCUT2D eigenvalue weighted by Gasteiger charge is 2.20.